The van der Waals surface area contributed by atoms with E-state index in [1.54, 1.807) is 22.7 Å². The molecule has 426 valence electrons. The zero-order chi connectivity index (χ0) is 60.7. The number of nitrogens with zero attached hydrogens (tertiary/aromatic N) is 6. The molecular weight excluding hydrogens is 1220 g/mol. The summed E-state index contributed by atoms with van der Waals surface area (Å²) in [6, 6.07) is 46.5. The SMILES string of the molecule is [C-]#[N+]/C(=C\c1ccc(-c2cc3sc4c(c3s2)C(c2ccc(C)cc2)(c2ccc(C)cc2)c2c(F)c3c(c(F)c2-4)C(c2ccc(C)cc2)(c2ccc(C)cc2)c2c-3sc3cc(-c4ccc(/C=C(\C#N)C(=O)OC)c5nsnc45)sc23)c2nsnc12)C(=O)OC. The van der Waals surface area contributed by atoms with Crippen molar-refractivity contribution in [1.82, 2.24) is 17.5 Å². The first-order valence-electron chi connectivity index (χ1n) is 27.6. The van der Waals surface area contributed by atoms with Gasteiger partial charge in [-0.2, -0.15) is 22.8 Å². The van der Waals surface area contributed by atoms with Gasteiger partial charge < -0.3 is 9.47 Å². The fourth-order valence-corrected chi connectivity index (χ4v) is 19.8. The molecule has 0 saturated heterocycles. The van der Waals surface area contributed by atoms with E-state index >= 15 is 8.78 Å². The Morgan fingerprint density at radius 2 is 0.898 bits per heavy atom. The van der Waals surface area contributed by atoms with Crippen LogP contribution in [0.1, 0.15) is 77.9 Å². The fraction of sp³-hybridized carbons (Fsp3) is 0.114. The summed E-state index contributed by atoms with van der Waals surface area (Å²) in [6.45, 7) is 15.8. The molecule has 6 heterocycles. The number of rotatable bonds is 10. The standard InChI is InChI=1S/C70H42F2N6O4S6/c1-33-8-18-40(19-9-33)69(41-20-10-34(2)11-21-41)53-51(65-55(69)63-49(85-65)30-47(83-63)44-26-16-37(59-61(44)77-87-75-59)28-39(32-73)67(79)81-6)57(71)54-52(58(53)72)66-56(70(54,42-22-12-35(3)13-23-42)43-24-14-36(4)15-25-43)64-50(86-66)31-48(84-64)45-27-17-38(60-62(45)78-88-76-60)29-46(74-5)68(80)82-7/h8-31H,1-4,6-7H3/b39-28+,46-29-. The number of carbonyl (C=O) groups is 2. The monoisotopic (exact) mass is 1260 g/mol. The molecule has 10 nitrogen and oxygen atoms in total. The Hall–Kier alpha value is -9.24. The van der Waals surface area contributed by atoms with E-state index in [1.165, 1.54) is 49.0 Å². The summed E-state index contributed by atoms with van der Waals surface area (Å²) in [4.78, 5) is 31.5. The molecule has 2 aliphatic carbocycles. The number of hydrogen-bond acceptors (Lipinski definition) is 15. The highest BCUT2D eigenvalue weighted by Crippen LogP contribution is 2.70. The van der Waals surface area contributed by atoms with E-state index in [0.29, 0.717) is 42.9 Å². The maximum atomic E-state index is 20.4. The minimum Gasteiger partial charge on any atom is -0.474 e. The van der Waals surface area contributed by atoms with Crippen molar-refractivity contribution in [2.75, 3.05) is 14.2 Å². The van der Waals surface area contributed by atoms with Crippen LogP contribution >= 0.6 is 68.8 Å². The second kappa shape index (κ2) is 20.7. The molecule has 88 heavy (non-hydrogen) atoms. The van der Waals surface area contributed by atoms with E-state index in [9.17, 15) is 14.9 Å². The number of thiophene rings is 4. The maximum Gasteiger partial charge on any atom is 0.348 e. The quantitative estimate of drug-likeness (QED) is 0.0568. The molecule has 18 heteroatoms. The predicted octanol–water partition coefficient (Wildman–Crippen LogP) is 18.3. The van der Waals surface area contributed by atoms with Crippen molar-refractivity contribution < 1.29 is 27.8 Å². The van der Waals surface area contributed by atoms with E-state index in [4.69, 9.17) is 24.8 Å². The first-order valence-corrected chi connectivity index (χ1v) is 32.3. The Bertz CT molecular complexity index is 4900. The first kappa shape index (κ1) is 55.3. The topological polar surface area (TPSA) is 132 Å². The molecule has 0 radical (unpaired) electrons. The average Bonchev–Trinajstić information content (AvgIpc) is 1.48. The van der Waals surface area contributed by atoms with Crippen LogP contribution in [0.5, 0.6) is 0 Å². The molecule has 0 N–H and O–H groups in total. The van der Waals surface area contributed by atoms with E-state index in [2.05, 4.69) is 74.3 Å². The molecule has 0 fully saturated rings. The molecule has 0 saturated carbocycles. The number of ether oxygens (including phenoxy) is 2. The number of hydrogen-bond donors (Lipinski definition) is 0. The first-order chi connectivity index (χ1) is 42.7. The number of methoxy groups -OCH3 is 2. The number of aryl methyl sites for hydroxylation is 4. The summed E-state index contributed by atoms with van der Waals surface area (Å²) in [6.07, 6.45) is 2.93. The van der Waals surface area contributed by atoms with Gasteiger partial charge in [0.1, 0.15) is 45.3 Å². The predicted molar refractivity (Wildman–Crippen MR) is 351 cm³/mol. The van der Waals surface area contributed by atoms with Gasteiger partial charge in [0.15, 0.2) is 0 Å². The molecule has 6 aromatic heterocycles. The van der Waals surface area contributed by atoms with Crippen molar-refractivity contribution in [2.45, 2.75) is 38.5 Å². The van der Waals surface area contributed by atoms with Crippen molar-refractivity contribution in [2.24, 2.45) is 0 Å². The van der Waals surface area contributed by atoms with Gasteiger partial charge in [-0.25, -0.2) is 18.4 Å². The van der Waals surface area contributed by atoms with Crippen LogP contribution in [0.3, 0.4) is 0 Å². The van der Waals surface area contributed by atoms with Crippen molar-refractivity contribution in [1.29, 1.82) is 5.26 Å². The smallest absolute Gasteiger partial charge is 0.348 e. The summed E-state index contributed by atoms with van der Waals surface area (Å²) in [5.74, 6) is -2.51. The lowest BCUT2D eigenvalue weighted by molar-refractivity contribution is -0.136. The molecular formula is C70H42F2N6O4S6. The largest absolute Gasteiger partial charge is 0.474 e. The Balaban J connectivity index is 1.03. The van der Waals surface area contributed by atoms with Gasteiger partial charge in [0.25, 0.3) is 5.70 Å². The van der Waals surface area contributed by atoms with Crippen LogP contribution in [-0.4, -0.2) is 43.7 Å². The third-order valence-electron chi connectivity index (χ3n) is 17.1. The number of fused-ring (bicyclic) bond motifs is 12. The summed E-state index contributed by atoms with van der Waals surface area (Å²) < 4.78 is 72.9. The highest BCUT2D eigenvalue weighted by molar-refractivity contribution is 7.32. The molecule has 15 rings (SSSR count). The number of carbonyl (C=O) groups excluding carboxylic acids is 2. The van der Waals surface area contributed by atoms with Crippen LogP contribution in [0.25, 0.3) is 99.6 Å². The Labute approximate surface area is 526 Å². The summed E-state index contributed by atoms with van der Waals surface area (Å²) >= 11 is 8.06. The second-order valence-electron chi connectivity index (χ2n) is 21.9. The van der Waals surface area contributed by atoms with E-state index in [-0.39, 0.29) is 33.5 Å². The second-order valence-corrected chi connectivity index (χ2v) is 27.2. The molecule has 0 amide bonds. The van der Waals surface area contributed by atoms with Gasteiger partial charge in [-0.1, -0.05) is 144 Å². The molecule has 7 aromatic carbocycles. The van der Waals surface area contributed by atoms with Gasteiger partial charge in [-0.3, -0.25) is 4.79 Å². The zero-order valence-corrected chi connectivity index (χ0v) is 52.3. The normalized spacial score (nSPS) is 13.8. The number of halogens is 2. The van der Waals surface area contributed by atoms with Crippen LogP contribution in [0.4, 0.5) is 8.78 Å². The lowest BCUT2D eigenvalue weighted by Crippen LogP contribution is -2.32. The van der Waals surface area contributed by atoms with E-state index < -0.39 is 34.4 Å². The van der Waals surface area contributed by atoms with Crippen LogP contribution in [0.15, 0.2) is 145 Å². The molecule has 0 spiro atoms. The van der Waals surface area contributed by atoms with Crippen LogP contribution in [0.2, 0.25) is 0 Å². The number of aromatic nitrogens is 4. The summed E-state index contributed by atoms with van der Waals surface area (Å²) in [7, 11) is 2.46. The average molecular weight is 1260 g/mol. The molecule has 13 aromatic rings. The highest BCUT2D eigenvalue weighted by atomic mass is 32.1. The van der Waals surface area contributed by atoms with Crippen LogP contribution in [0, 0.1) is 57.2 Å². The van der Waals surface area contributed by atoms with E-state index in [0.717, 1.165) is 119 Å². The Morgan fingerprint density at radius 1 is 0.523 bits per heavy atom. The molecule has 0 bridgehead atoms. The molecule has 2 aliphatic rings. The van der Waals surface area contributed by atoms with Crippen molar-refractivity contribution in [3.63, 3.8) is 0 Å². The number of nitriles is 1. The van der Waals surface area contributed by atoms with Gasteiger partial charge in [0.2, 0.25) is 0 Å². The Kier molecular flexibility index (Phi) is 13.0. The number of benzene rings is 7. The Morgan fingerprint density at radius 3 is 1.26 bits per heavy atom. The molecule has 0 unspecified atom stereocenters. The van der Waals surface area contributed by atoms with Gasteiger partial charge in [0, 0.05) is 79.0 Å². The van der Waals surface area contributed by atoms with Crippen molar-refractivity contribution in [3.8, 4) is 47.8 Å². The lowest BCUT2D eigenvalue weighted by atomic mass is 9.65. The van der Waals surface area contributed by atoms with Crippen molar-refractivity contribution in [3.05, 3.63) is 246 Å². The lowest BCUT2D eigenvalue weighted by Gasteiger charge is -2.36. The summed E-state index contributed by atoms with van der Waals surface area (Å²) in [5.41, 5.74) is 11.5. The van der Waals surface area contributed by atoms with Gasteiger partial charge in [-0.05, 0) is 79.8 Å². The van der Waals surface area contributed by atoms with Gasteiger partial charge in [0.05, 0.1) is 64.5 Å². The van der Waals surface area contributed by atoms with Gasteiger partial charge >= 0.3 is 11.9 Å². The minimum absolute atomic E-state index is 0.176. The minimum atomic E-state index is -1.39. The van der Waals surface area contributed by atoms with Gasteiger partial charge in [-0.15, -0.1) is 45.3 Å². The van der Waals surface area contributed by atoms with Crippen molar-refractivity contribution >= 4 is 134 Å². The number of esters is 2. The van der Waals surface area contributed by atoms with Crippen LogP contribution in [-0.2, 0) is 29.9 Å². The fourth-order valence-electron chi connectivity index (χ4n) is 13.0. The zero-order valence-electron chi connectivity index (χ0n) is 47.4. The maximum absolute atomic E-state index is 20.4. The summed E-state index contributed by atoms with van der Waals surface area (Å²) in [5, 5.41) is 9.87. The third kappa shape index (κ3) is 7.86. The third-order valence-corrected chi connectivity index (χ3v) is 23.1. The molecule has 0 atom stereocenters. The van der Waals surface area contributed by atoms with Crippen LogP contribution < -0.4 is 0 Å². The van der Waals surface area contributed by atoms with E-state index in [1.807, 2.05) is 107 Å². The highest BCUT2D eigenvalue weighted by Gasteiger charge is 2.59. The molecule has 0 aliphatic heterocycles.